The molecule has 0 saturated carbocycles. The number of hydrogen-bond acceptors (Lipinski definition) is 5. The predicted octanol–water partition coefficient (Wildman–Crippen LogP) is 1.82. The average Bonchev–Trinajstić information content (AvgIpc) is 2.78. The Morgan fingerprint density at radius 3 is 3.00 bits per heavy atom. The maximum atomic E-state index is 5.81. The Labute approximate surface area is 102 Å². The highest BCUT2D eigenvalue weighted by Gasteiger charge is 2.22. The van der Waals surface area contributed by atoms with E-state index in [2.05, 4.69) is 25.9 Å². The van der Waals surface area contributed by atoms with Gasteiger partial charge in [0.15, 0.2) is 5.82 Å². The maximum absolute atomic E-state index is 5.81. The molecule has 0 spiro atoms. The van der Waals surface area contributed by atoms with E-state index in [0.29, 0.717) is 22.7 Å². The molecule has 0 amide bonds. The molecule has 5 nitrogen and oxygen atoms in total. The number of hydrogen-bond donors (Lipinski definition) is 1. The zero-order valence-electron chi connectivity index (χ0n) is 9.07. The molecule has 1 aromatic heterocycles. The molecule has 0 bridgehead atoms. The van der Waals surface area contributed by atoms with Crippen molar-refractivity contribution in [2.45, 2.75) is 25.6 Å². The molecule has 6 heteroatoms. The van der Waals surface area contributed by atoms with Crippen molar-refractivity contribution in [1.82, 2.24) is 9.97 Å². The molecule has 2 heterocycles. The Bertz CT molecular complexity index is 381. The zero-order chi connectivity index (χ0) is 11.5. The molecule has 0 radical (unpaired) electrons. The molecule has 0 aliphatic carbocycles. The first kappa shape index (κ1) is 11.8. The largest absolute Gasteiger partial charge is 0.383 e. The molecule has 1 unspecified atom stereocenters. The summed E-state index contributed by atoms with van der Waals surface area (Å²) in [5, 5.41) is 0. The third-order valence-corrected chi connectivity index (χ3v) is 3.33. The quantitative estimate of drug-likeness (QED) is 0.918. The first-order valence-corrected chi connectivity index (χ1v) is 5.94. The molecule has 0 aromatic carbocycles. The monoisotopic (exact) mass is 287 g/mol. The van der Waals surface area contributed by atoms with Crippen LogP contribution in [-0.4, -0.2) is 23.7 Å². The highest BCUT2D eigenvalue weighted by atomic mass is 79.9. The second kappa shape index (κ2) is 5.07. The Kier molecular flexibility index (Phi) is 3.73. The minimum absolute atomic E-state index is 0.0222. The lowest BCUT2D eigenvalue weighted by molar-refractivity contribution is 0.104. The van der Waals surface area contributed by atoms with E-state index in [0.717, 1.165) is 25.1 Å². The van der Waals surface area contributed by atoms with Crippen molar-refractivity contribution in [3.8, 4) is 0 Å². The maximum Gasteiger partial charge on any atom is 0.159 e. The molecule has 1 aromatic rings. The van der Waals surface area contributed by atoms with Gasteiger partial charge in [-0.1, -0.05) is 0 Å². The van der Waals surface area contributed by atoms with Crippen molar-refractivity contribution in [2.75, 3.05) is 19.5 Å². The van der Waals surface area contributed by atoms with Crippen LogP contribution in [0.25, 0.3) is 0 Å². The summed E-state index contributed by atoms with van der Waals surface area (Å²) < 4.78 is 11.3. The number of nitrogens with zero attached hydrogens (tertiary/aromatic N) is 2. The highest BCUT2D eigenvalue weighted by Crippen LogP contribution is 2.29. The predicted molar refractivity (Wildman–Crippen MR) is 62.8 cm³/mol. The molecule has 2 rings (SSSR count). The standard InChI is InChI=1S/C10H14BrN3O2/c1-15-5-6-8(11)9(12)14-10(13-6)7-3-2-4-16-7/h7H,2-5H2,1H3,(H2,12,13,14). The van der Waals surface area contributed by atoms with Crippen molar-refractivity contribution >= 4 is 21.7 Å². The van der Waals surface area contributed by atoms with Gasteiger partial charge in [0.2, 0.25) is 0 Å². The normalized spacial score (nSPS) is 20.2. The molecule has 1 fully saturated rings. The summed E-state index contributed by atoms with van der Waals surface area (Å²) in [5.74, 6) is 1.10. The number of aromatic nitrogens is 2. The van der Waals surface area contributed by atoms with Crippen LogP contribution in [0, 0.1) is 0 Å². The Morgan fingerprint density at radius 2 is 2.38 bits per heavy atom. The molecule has 1 saturated heterocycles. The van der Waals surface area contributed by atoms with Gasteiger partial charge < -0.3 is 15.2 Å². The van der Waals surface area contributed by atoms with Crippen LogP contribution in [0.5, 0.6) is 0 Å². The van der Waals surface area contributed by atoms with Gasteiger partial charge in [-0.05, 0) is 28.8 Å². The van der Waals surface area contributed by atoms with Crippen LogP contribution in [0.3, 0.4) is 0 Å². The Morgan fingerprint density at radius 1 is 1.56 bits per heavy atom. The van der Waals surface area contributed by atoms with Gasteiger partial charge in [-0.3, -0.25) is 0 Å². The van der Waals surface area contributed by atoms with Crippen molar-refractivity contribution in [1.29, 1.82) is 0 Å². The van der Waals surface area contributed by atoms with E-state index < -0.39 is 0 Å². The number of ether oxygens (including phenoxy) is 2. The second-order valence-electron chi connectivity index (χ2n) is 3.66. The van der Waals surface area contributed by atoms with E-state index in [4.69, 9.17) is 15.2 Å². The minimum Gasteiger partial charge on any atom is -0.383 e. The lowest BCUT2D eigenvalue weighted by atomic mass is 10.2. The number of methoxy groups -OCH3 is 1. The van der Waals surface area contributed by atoms with E-state index in [1.54, 1.807) is 7.11 Å². The SMILES string of the molecule is COCc1nc(C2CCCO2)nc(N)c1Br. The summed E-state index contributed by atoms with van der Waals surface area (Å²) in [6.07, 6.45) is 1.97. The van der Waals surface area contributed by atoms with Gasteiger partial charge in [-0.25, -0.2) is 9.97 Å². The van der Waals surface area contributed by atoms with Gasteiger partial charge in [-0.2, -0.15) is 0 Å². The van der Waals surface area contributed by atoms with Gasteiger partial charge in [0.25, 0.3) is 0 Å². The van der Waals surface area contributed by atoms with E-state index in [9.17, 15) is 0 Å². The first-order valence-electron chi connectivity index (χ1n) is 5.14. The van der Waals surface area contributed by atoms with Crippen molar-refractivity contribution in [2.24, 2.45) is 0 Å². The summed E-state index contributed by atoms with van der Waals surface area (Å²) in [7, 11) is 1.62. The van der Waals surface area contributed by atoms with Crippen LogP contribution in [-0.2, 0) is 16.1 Å². The number of halogens is 1. The van der Waals surface area contributed by atoms with Crippen LogP contribution in [0.1, 0.15) is 30.5 Å². The summed E-state index contributed by atoms with van der Waals surface area (Å²) in [6, 6.07) is 0. The third kappa shape index (κ3) is 2.34. The molecule has 1 aliphatic heterocycles. The molecule has 1 aliphatic rings. The van der Waals surface area contributed by atoms with Gasteiger partial charge >= 0.3 is 0 Å². The number of nitrogens with two attached hydrogens (primary N) is 1. The number of anilines is 1. The fourth-order valence-corrected chi connectivity index (χ4v) is 1.98. The van der Waals surface area contributed by atoms with Crippen molar-refractivity contribution < 1.29 is 9.47 Å². The van der Waals surface area contributed by atoms with Crippen molar-refractivity contribution in [3.05, 3.63) is 16.0 Å². The van der Waals surface area contributed by atoms with Crippen LogP contribution < -0.4 is 5.73 Å². The topological polar surface area (TPSA) is 70.3 Å². The van der Waals surface area contributed by atoms with Crippen LogP contribution in [0.15, 0.2) is 4.47 Å². The second-order valence-corrected chi connectivity index (χ2v) is 4.46. The summed E-state index contributed by atoms with van der Waals surface area (Å²) >= 11 is 3.35. The molecular weight excluding hydrogens is 274 g/mol. The first-order chi connectivity index (χ1) is 7.72. The lowest BCUT2D eigenvalue weighted by Gasteiger charge is -2.12. The van der Waals surface area contributed by atoms with Crippen molar-refractivity contribution in [3.63, 3.8) is 0 Å². The Hall–Kier alpha value is -0.720. The summed E-state index contributed by atoms with van der Waals surface area (Å²) in [4.78, 5) is 8.65. The lowest BCUT2D eigenvalue weighted by Crippen LogP contribution is -2.09. The van der Waals surface area contributed by atoms with E-state index in [1.165, 1.54) is 0 Å². The number of rotatable bonds is 3. The molecule has 16 heavy (non-hydrogen) atoms. The molecule has 88 valence electrons. The average molecular weight is 288 g/mol. The van der Waals surface area contributed by atoms with Gasteiger partial charge in [0.05, 0.1) is 16.8 Å². The van der Waals surface area contributed by atoms with Crippen LogP contribution >= 0.6 is 15.9 Å². The smallest absolute Gasteiger partial charge is 0.159 e. The fraction of sp³-hybridized carbons (Fsp3) is 0.600. The highest BCUT2D eigenvalue weighted by molar-refractivity contribution is 9.10. The van der Waals surface area contributed by atoms with Gasteiger partial charge in [-0.15, -0.1) is 0 Å². The van der Waals surface area contributed by atoms with Gasteiger partial charge in [0, 0.05) is 13.7 Å². The van der Waals surface area contributed by atoms with E-state index >= 15 is 0 Å². The fourth-order valence-electron chi connectivity index (χ4n) is 1.69. The molecule has 1 atom stereocenters. The van der Waals surface area contributed by atoms with Crippen LogP contribution in [0.2, 0.25) is 0 Å². The van der Waals surface area contributed by atoms with Gasteiger partial charge in [0.1, 0.15) is 11.9 Å². The molecular formula is C10H14BrN3O2. The third-order valence-electron chi connectivity index (χ3n) is 2.46. The van der Waals surface area contributed by atoms with E-state index in [-0.39, 0.29) is 6.10 Å². The summed E-state index contributed by atoms with van der Waals surface area (Å²) in [6.45, 7) is 1.18. The Balaban J connectivity index is 2.31. The molecule has 2 N–H and O–H groups in total. The van der Waals surface area contributed by atoms with Crippen LogP contribution in [0.4, 0.5) is 5.82 Å². The zero-order valence-corrected chi connectivity index (χ0v) is 10.7. The van der Waals surface area contributed by atoms with E-state index in [1.807, 2.05) is 0 Å². The minimum atomic E-state index is -0.0222. The summed E-state index contributed by atoms with van der Waals surface area (Å²) in [5.41, 5.74) is 6.57. The number of nitrogen functional groups attached to an aromatic ring is 1.